The zero-order valence-electron chi connectivity index (χ0n) is 49.1. The van der Waals surface area contributed by atoms with Gasteiger partial charge in [-0.05, 0) is 79.1 Å². The third kappa shape index (κ3) is 45.4. The van der Waals surface area contributed by atoms with Crippen LogP contribution < -0.4 is 54.0 Å². The predicted octanol–water partition coefficient (Wildman–Crippen LogP) is 0.445. The Morgan fingerprint density at radius 2 is 0.877 bits per heavy atom. The van der Waals surface area contributed by atoms with E-state index in [2.05, 4.69) is 52.8 Å². The van der Waals surface area contributed by atoms with E-state index >= 15 is 0 Å². The maximum Gasteiger partial charge on any atom is 0.246 e. The molecule has 0 aromatic carbocycles. The number of carbonyl (C=O) groups is 9. The second-order valence-electron chi connectivity index (χ2n) is 21.2. The summed E-state index contributed by atoms with van der Waals surface area (Å²) in [6, 6.07) is -0.424. The van der Waals surface area contributed by atoms with E-state index in [-0.39, 0.29) is 169 Å². The first kappa shape index (κ1) is 75.1. The molecule has 0 fully saturated rings. The van der Waals surface area contributed by atoms with Crippen LogP contribution in [-0.4, -0.2) is 192 Å². The third-order valence-electron chi connectivity index (χ3n) is 12.6. The SMILES string of the molecule is C[C@@H](CCCCNC(=O)COCCOCCNC(=O)COCCOCCNC(=O)CCCC(=O)NCCCC[C@H](CC(=O)CCCC(=O)NC(CNC(C)(C)/C=N\O)CNC(C)(C)/C=N\O)C(=O)NCCCC[C@H](C)C(N)=O)C(N)=O. The molecular formula is C54H100N12O15. The van der Waals surface area contributed by atoms with Gasteiger partial charge in [0.25, 0.3) is 0 Å². The molecule has 27 nitrogen and oxygen atoms in total. The van der Waals surface area contributed by atoms with Crippen molar-refractivity contribution in [3.8, 4) is 0 Å². The Morgan fingerprint density at radius 3 is 1.35 bits per heavy atom. The van der Waals surface area contributed by atoms with Gasteiger partial charge in [0.15, 0.2) is 0 Å². The van der Waals surface area contributed by atoms with Crippen LogP contribution >= 0.6 is 0 Å². The topological polar surface area (TPSA) is 404 Å². The molecule has 0 aromatic heterocycles. The summed E-state index contributed by atoms with van der Waals surface area (Å²) in [5.74, 6) is -3.52. The first-order valence-electron chi connectivity index (χ1n) is 28.4. The zero-order valence-corrected chi connectivity index (χ0v) is 49.1. The van der Waals surface area contributed by atoms with Gasteiger partial charge in [0, 0.05) is 95.7 Å². The molecule has 8 amide bonds. The largest absolute Gasteiger partial charge is 0.411 e. The molecule has 0 aromatic rings. The van der Waals surface area contributed by atoms with Crippen molar-refractivity contribution < 1.29 is 72.5 Å². The van der Waals surface area contributed by atoms with Gasteiger partial charge in [-0.3, -0.25) is 43.2 Å². The Kier molecular flexibility index (Phi) is 43.3. The molecule has 0 saturated heterocycles. The Labute approximate surface area is 478 Å². The molecule has 0 unspecified atom stereocenters. The fraction of sp³-hybridized carbons (Fsp3) is 0.796. The van der Waals surface area contributed by atoms with E-state index in [1.165, 1.54) is 12.4 Å². The van der Waals surface area contributed by atoms with Crippen LogP contribution in [0.15, 0.2) is 10.3 Å². The quantitative estimate of drug-likeness (QED) is 0.0170. The Bertz CT molecular complexity index is 1860. The highest BCUT2D eigenvalue weighted by Gasteiger charge is 2.24. The molecule has 0 rings (SSSR count). The van der Waals surface area contributed by atoms with Crippen LogP contribution in [-0.2, 0) is 62.1 Å². The number of hydrogen-bond acceptors (Lipinski definition) is 19. The molecule has 0 radical (unpaired) electrons. The van der Waals surface area contributed by atoms with E-state index in [1.807, 2.05) is 0 Å². The number of ketones is 1. The minimum atomic E-state index is -0.679. The number of amides is 8. The fourth-order valence-electron chi connectivity index (χ4n) is 7.52. The number of oxime groups is 2. The molecule has 0 bridgehead atoms. The van der Waals surface area contributed by atoms with Crippen LogP contribution in [0, 0.1) is 17.8 Å². The van der Waals surface area contributed by atoms with E-state index in [4.69, 9.17) is 40.8 Å². The highest BCUT2D eigenvalue weighted by molar-refractivity contribution is 5.87. The van der Waals surface area contributed by atoms with Gasteiger partial charge in [-0.15, -0.1) is 10.3 Å². The van der Waals surface area contributed by atoms with Crippen molar-refractivity contribution in [2.45, 2.75) is 161 Å². The van der Waals surface area contributed by atoms with Crippen molar-refractivity contribution in [3.05, 3.63) is 0 Å². The van der Waals surface area contributed by atoms with Gasteiger partial charge >= 0.3 is 0 Å². The Morgan fingerprint density at radius 1 is 0.481 bits per heavy atom. The molecule has 0 aliphatic heterocycles. The van der Waals surface area contributed by atoms with Gasteiger partial charge in [-0.2, -0.15) is 0 Å². The smallest absolute Gasteiger partial charge is 0.246 e. The summed E-state index contributed by atoms with van der Waals surface area (Å²) in [5.41, 5.74) is 9.24. The van der Waals surface area contributed by atoms with E-state index in [0.29, 0.717) is 84.1 Å². The molecule has 81 heavy (non-hydrogen) atoms. The molecule has 27 heteroatoms. The second-order valence-corrected chi connectivity index (χ2v) is 21.2. The number of primary amides is 2. The van der Waals surface area contributed by atoms with Crippen LogP contribution in [0.25, 0.3) is 0 Å². The number of nitrogens with one attached hydrogen (secondary N) is 8. The molecule has 0 heterocycles. The van der Waals surface area contributed by atoms with Gasteiger partial charge < -0.3 is 83.4 Å². The van der Waals surface area contributed by atoms with Crippen LogP contribution in [0.5, 0.6) is 0 Å². The predicted molar refractivity (Wildman–Crippen MR) is 304 cm³/mol. The summed E-state index contributed by atoms with van der Waals surface area (Å²) in [5, 5.41) is 47.6. The molecule has 466 valence electrons. The number of carbonyl (C=O) groups excluding carboxylic acids is 9. The molecular weight excluding hydrogens is 1060 g/mol. The zero-order chi connectivity index (χ0) is 60.7. The average Bonchev–Trinajstić information content (AvgIpc) is 3.39. The van der Waals surface area contributed by atoms with Gasteiger partial charge in [-0.1, -0.05) is 33.1 Å². The number of rotatable bonds is 53. The second kappa shape index (κ2) is 46.7. The lowest BCUT2D eigenvalue weighted by Crippen LogP contribution is -2.55. The number of Topliss-reactive ketones (excluding diaryl/α,β-unsaturated/α-hetero) is 1. The number of unbranched alkanes of at least 4 members (excludes halogenated alkanes) is 3. The van der Waals surface area contributed by atoms with Crippen molar-refractivity contribution in [2.24, 2.45) is 39.5 Å². The Balaban J connectivity index is 4.49. The van der Waals surface area contributed by atoms with Crippen molar-refractivity contribution in [1.82, 2.24) is 42.5 Å². The summed E-state index contributed by atoms with van der Waals surface area (Å²) >= 11 is 0. The highest BCUT2D eigenvalue weighted by atomic mass is 16.5. The average molecular weight is 1160 g/mol. The molecule has 14 N–H and O–H groups in total. The standard InChI is InChI=1S/C54H100N12O15/c1-40(50(55)73)15-7-10-23-58-48(71)36-80-31-30-79-28-26-60-49(72)37-81-32-29-78-27-25-59-46(69)20-14-19-45(68)57-22-12-9-17-42(52(75)61-24-11-8-16-41(2)51(56)74)33-44(67)18-13-21-47(70)66-43(34-62-53(3,4)38-64-76)35-63-54(5,6)39-65-77/h38-43,62-63,76-77H,7-37H2,1-6H3,(H2,55,73)(H2,56,74)(H,57,68)(H,58,71)(H,59,69)(H,60,72)(H,61,75)(H,66,70)/b64-38-,65-39-/t40-,41-,42+/m0/s1. The van der Waals surface area contributed by atoms with Crippen LogP contribution in [0.4, 0.5) is 0 Å². The van der Waals surface area contributed by atoms with Crippen LogP contribution in [0.1, 0.15) is 144 Å². The normalized spacial score (nSPS) is 12.9. The van der Waals surface area contributed by atoms with E-state index in [0.717, 1.165) is 12.8 Å². The van der Waals surface area contributed by atoms with Gasteiger partial charge in [-0.25, -0.2) is 0 Å². The fourth-order valence-corrected chi connectivity index (χ4v) is 7.52. The molecule has 0 aliphatic carbocycles. The van der Waals surface area contributed by atoms with E-state index in [9.17, 15) is 43.2 Å². The molecule has 0 spiro atoms. The highest BCUT2D eigenvalue weighted by Crippen LogP contribution is 2.17. The molecule has 0 aliphatic rings. The third-order valence-corrected chi connectivity index (χ3v) is 12.6. The van der Waals surface area contributed by atoms with Crippen molar-refractivity contribution >= 4 is 65.5 Å². The summed E-state index contributed by atoms with van der Waals surface area (Å²) < 4.78 is 21.4. The minimum absolute atomic E-state index is 0.0179. The minimum Gasteiger partial charge on any atom is -0.411 e. The lowest BCUT2D eigenvalue weighted by Gasteiger charge is -2.29. The number of nitrogens with zero attached hydrogens (tertiary/aromatic N) is 2. The summed E-state index contributed by atoms with van der Waals surface area (Å²) in [6.45, 7) is 14.1. The maximum atomic E-state index is 13.3. The van der Waals surface area contributed by atoms with E-state index < -0.39 is 23.0 Å². The number of nitrogens with two attached hydrogens (primary N) is 2. The Hall–Kier alpha value is -5.87. The monoisotopic (exact) mass is 1160 g/mol. The van der Waals surface area contributed by atoms with Crippen molar-refractivity contribution in [2.75, 3.05) is 98.7 Å². The number of hydrogen-bond donors (Lipinski definition) is 12. The van der Waals surface area contributed by atoms with Gasteiger partial charge in [0.2, 0.25) is 47.3 Å². The summed E-state index contributed by atoms with van der Waals surface area (Å²) in [6.07, 6.45) is 9.26. The van der Waals surface area contributed by atoms with Crippen molar-refractivity contribution in [1.29, 1.82) is 0 Å². The van der Waals surface area contributed by atoms with Crippen LogP contribution in [0.3, 0.4) is 0 Å². The first-order valence-corrected chi connectivity index (χ1v) is 28.4. The first-order chi connectivity index (χ1) is 38.5. The summed E-state index contributed by atoms with van der Waals surface area (Å²) in [7, 11) is 0. The molecule has 3 atom stereocenters. The van der Waals surface area contributed by atoms with Gasteiger partial charge in [0.1, 0.15) is 19.0 Å². The lowest BCUT2D eigenvalue weighted by molar-refractivity contribution is -0.130. The molecule has 0 saturated carbocycles. The number of ether oxygens (including phenoxy) is 4. The summed E-state index contributed by atoms with van der Waals surface area (Å²) in [4.78, 5) is 111. The van der Waals surface area contributed by atoms with E-state index in [1.54, 1.807) is 41.5 Å². The lowest BCUT2D eigenvalue weighted by atomic mass is 9.93. The maximum absolute atomic E-state index is 13.3. The van der Waals surface area contributed by atoms with Gasteiger partial charge in [0.05, 0.1) is 69.2 Å². The van der Waals surface area contributed by atoms with Crippen molar-refractivity contribution in [3.63, 3.8) is 0 Å². The van der Waals surface area contributed by atoms with Crippen LogP contribution in [0.2, 0.25) is 0 Å².